The standard InChI is InChI=1S/C21H22BrNP.C5H5.Fe/c1-16(23(2)3)21-19(22)14-15-20(21)24(17-10-6-4-7-11-17)18-12-8-5-9-13-18;1-2-4-5-3-1;/h4-16H,1-3H3;1-5H;/q-1;-5;. The summed E-state index contributed by atoms with van der Waals surface area (Å²) in [5.74, 6) is 0. The first kappa shape index (κ1) is 24.8. The molecule has 1 nitrogen and oxygen atoms in total. The molecule has 162 valence electrons. The molecule has 0 saturated carbocycles. The van der Waals surface area contributed by atoms with Gasteiger partial charge >= 0.3 is 0 Å². The zero-order chi connectivity index (χ0) is 20.6. The molecule has 0 fully saturated rings. The van der Waals surface area contributed by atoms with E-state index in [1.54, 1.807) is 0 Å². The summed E-state index contributed by atoms with van der Waals surface area (Å²) in [7, 11) is 3.72. The molecule has 1 unspecified atom stereocenters. The average Bonchev–Trinajstić information content (AvgIpc) is 3.43. The van der Waals surface area contributed by atoms with E-state index in [4.69, 9.17) is 0 Å². The van der Waals surface area contributed by atoms with E-state index in [-0.39, 0.29) is 17.1 Å². The van der Waals surface area contributed by atoms with Crippen LogP contribution >= 0.6 is 23.9 Å². The van der Waals surface area contributed by atoms with Crippen LogP contribution in [0.25, 0.3) is 0 Å². The molecule has 0 N–H and O–H groups in total. The van der Waals surface area contributed by atoms with Crippen LogP contribution in [0.1, 0.15) is 18.5 Å². The van der Waals surface area contributed by atoms with Crippen LogP contribution in [0.15, 0.2) is 108 Å². The maximum Gasteiger partial charge on any atom is 0 e. The van der Waals surface area contributed by atoms with E-state index < -0.39 is 7.92 Å². The summed E-state index contributed by atoms with van der Waals surface area (Å²) < 4.78 is 1.21. The van der Waals surface area contributed by atoms with Crippen LogP contribution in [0.3, 0.4) is 0 Å². The number of rotatable bonds is 5. The molecule has 0 radical (unpaired) electrons. The molecule has 0 bridgehead atoms. The molecule has 0 aliphatic heterocycles. The van der Waals surface area contributed by atoms with Gasteiger partial charge in [0.2, 0.25) is 0 Å². The van der Waals surface area contributed by atoms with Gasteiger partial charge in [0, 0.05) is 17.1 Å². The largest absolute Gasteiger partial charge is 0.748 e. The van der Waals surface area contributed by atoms with E-state index in [0.29, 0.717) is 6.04 Å². The van der Waals surface area contributed by atoms with Gasteiger partial charge < -0.3 is 35.2 Å². The molecule has 0 aromatic heterocycles. The fourth-order valence-corrected chi connectivity index (χ4v) is 6.62. The first-order valence-corrected chi connectivity index (χ1v) is 11.9. The van der Waals surface area contributed by atoms with Crippen molar-refractivity contribution in [2.24, 2.45) is 0 Å². The molecule has 0 amide bonds. The molecule has 4 heteroatoms. The zero-order valence-corrected chi connectivity index (χ0v) is 21.1. The molecular weight excluding hydrogens is 493 g/mol. The number of hydrogen-bond donors (Lipinski definition) is 0. The monoisotopic (exact) mass is 519 g/mol. The third-order valence-electron chi connectivity index (χ3n) is 4.94. The summed E-state index contributed by atoms with van der Waals surface area (Å²) in [4.78, 5) is 2.27. The van der Waals surface area contributed by atoms with Gasteiger partial charge in [-0.1, -0.05) is 88.0 Å². The molecule has 0 aliphatic carbocycles. The van der Waals surface area contributed by atoms with Crippen LogP contribution in [0, 0.1) is 0 Å². The Morgan fingerprint density at radius 2 is 1.20 bits per heavy atom. The Kier molecular flexibility index (Phi) is 10.2. The second kappa shape index (κ2) is 12.4. The molecule has 0 aliphatic rings. The first-order chi connectivity index (χ1) is 14.1. The summed E-state index contributed by atoms with van der Waals surface area (Å²) in [5.41, 5.74) is 1.40. The van der Waals surface area contributed by atoms with Gasteiger partial charge in [-0.3, -0.25) is 0 Å². The Morgan fingerprint density at radius 3 is 1.60 bits per heavy atom. The molecule has 1 atom stereocenters. The fraction of sp³-hybridized carbons (Fsp3) is 0.154. The fourth-order valence-electron chi connectivity index (χ4n) is 3.22. The topological polar surface area (TPSA) is 3.24 Å². The Labute approximate surface area is 201 Å². The molecule has 30 heavy (non-hydrogen) atoms. The van der Waals surface area contributed by atoms with Crippen molar-refractivity contribution in [3.63, 3.8) is 0 Å². The van der Waals surface area contributed by atoms with E-state index in [9.17, 15) is 0 Å². The molecule has 4 aromatic rings. The number of benzene rings is 2. The Balaban J connectivity index is 0.000000468. The van der Waals surface area contributed by atoms with E-state index in [0.717, 1.165) is 0 Å². The van der Waals surface area contributed by atoms with Gasteiger partial charge in [-0.2, -0.15) is 6.07 Å². The second-order valence-corrected chi connectivity index (χ2v) is 10.1. The van der Waals surface area contributed by atoms with Crippen molar-refractivity contribution in [3.05, 3.63) is 113 Å². The van der Waals surface area contributed by atoms with Gasteiger partial charge in [0.25, 0.3) is 0 Å². The number of hydrogen-bond acceptors (Lipinski definition) is 1. The molecule has 4 rings (SSSR count). The predicted octanol–water partition coefficient (Wildman–Crippen LogP) is 5.95. The third kappa shape index (κ3) is 6.27. The average molecular weight is 520 g/mol. The minimum absolute atomic E-state index is 0. The van der Waals surface area contributed by atoms with Crippen LogP contribution in [0.4, 0.5) is 0 Å². The molecule has 0 spiro atoms. The van der Waals surface area contributed by atoms with Crippen LogP contribution < -0.4 is 15.9 Å². The summed E-state index contributed by atoms with van der Waals surface area (Å²) >= 11 is 3.78. The van der Waals surface area contributed by atoms with E-state index in [1.807, 2.05) is 30.3 Å². The van der Waals surface area contributed by atoms with Gasteiger partial charge in [-0.25, -0.2) is 6.07 Å². The quantitative estimate of drug-likeness (QED) is 0.179. The molecule has 0 heterocycles. The van der Waals surface area contributed by atoms with Crippen molar-refractivity contribution in [2.45, 2.75) is 13.0 Å². The van der Waals surface area contributed by atoms with Gasteiger partial charge in [0.1, 0.15) is 0 Å². The van der Waals surface area contributed by atoms with Crippen molar-refractivity contribution >= 4 is 39.8 Å². The maximum absolute atomic E-state index is 3.78. The SMILES string of the molecule is CC([c-]1c(Br)ccc1P(c1ccccc1)c1ccccc1)N(C)C.[Fe].[cH-]1[cH-][cH-][cH-][cH-]1. The Hall–Kier alpha value is -1.47. The van der Waals surface area contributed by atoms with Crippen LogP contribution in [-0.2, 0) is 17.1 Å². The van der Waals surface area contributed by atoms with Gasteiger partial charge in [-0.15, -0.1) is 10.9 Å². The van der Waals surface area contributed by atoms with E-state index in [2.05, 4.69) is 115 Å². The second-order valence-electron chi connectivity index (χ2n) is 7.09. The van der Waals surface area contributed by atoms with Crippen molar-refractivity contribution in [2.75, 3.05) is 14.1 Å². The van der Waals surface area contributed by atoms with Crippen LogP contribution in [0.2, 0.25) is 0 Å². The predicted molar refractivity (Wildman–Crippen MR) is 133 cm³/mol. The number of halogens is 1. The van der Waals surface area contributed by atoms with E-state index in [1.165, 1.54) is 25.9 Å². The van der Waals surface area contributed by atoms with Crippen LogP contribution in [-0.4, -0.2) is 19.0 Å². The Bertz CT molecular complexity index is 908. The van der Waals surface area contributed by atoms with Crippen molar-refractivity contribution < 1.29 is 17.1 Å². The smallest absolute Gasteiger partial charge is 0 e. The first-order valence-electron chi connectivity index (χ1n) is 9.78. The molecule has 0 saturated heterocycles. The van der Waals surface area contributed by atoms with Crippen molar-refractivity contribution in [3.8, 4) is 0 Å². The van der Waals surface area contributed by atoms with Crippen molar-refractivity contribution in [1.29, 1.82) is 0 Å². The minimum atomic E-state index is -0.560. The van der Waals surface area contributed by atoms with Gasteiger partial charge in [0.15, 0.2) is 0 Å². The third-order valence-corrected chi connectivity index (χ3v) is 8.13. The summed E-state index contributed by atoms with van der Waals surface area (Å²) in [6, 6.07) is 36.6. The summed E-state index contributed by atoms with van der Waals surface area (Å²) in [6.45, 7) is 2.27. The van der Waals surface area contributed by atoms with Crippen LogP contribution in [0.5, 0.6) is 0 Å². The van der Waals surface area contributed by atoms with Gasteiger partial charge in [0.05, 0.1) is 0 Å². The Morgan fingerprint density at radius 1 is 0.767 bits per heavy atom. The van der Waals surface area contributed by atoms with Crippen molar-refractivity contribution in [1.82, 2.24) is 4.90 Å². The number of nitrogens with zero attached hydrogens (tertiary/aromatic N) is 1. The summed E-state index contributed by atoms with van der Waals surface area (Å²) in [6.07, 6.45) is 0. The maximum atomic E-state index is 3.78. The summed E-state index contributed by atoms with van der Waals surface area (Å²) in [5, 5.41) is 4.23. The van der Waals surface area contributed by atoms with E-state index >= 15 is 0 Å². The normalized spacial score (nSPS) is 11.5. The zero-order valence-electron chi connectivity index (χ0n) is 17.5. The molecular formula is C26H27BrFeNP-6. The minimum Gasteiger partial charge on any atom is -0.748 e. The van der Waals surface area contributed by atoms with Gasteiger partial charge in [-0.05, 0) is 38.7 Å². The molecule has 4 aromatic carbocycles.